The van der Waals surface area contributed by atoms with Crippen LogP contribution in [0.1, 0.15) is 33.3 Å². The van der Waals surface area contributed by atoms with Gasteiger partial charge in [-0.25, -0.2) is 0 Å². The molecule has 0 radical (unpaired) electrons. The van der Waals surface area contributed by atoms with Crippen molar-refractivity contribution in [1.82, 2.24) is 0 Å². The summed E-state index contributed by atoms with van der Waals surface area (Å²) >= 11 is 0. The van der Waals surface area contributed by atoms with Gasteiger partial charge in [0.25, 0.3) is 0 Å². The van der Waals surface area contributed by atoms with Crippen molar-refractivity contribution in [3.05, 3.63) is 40.5 Å². The Morgan fingerprint density at radius 1 is 1.00 bits per heavy atom. The normalized spacial score (nSPS) is 14.9. The van der Waals surface area contributed by atoms with Crippen LogP contribution >= 0.6 is 0 Å². The number of hydrogen-bond donors (Lipinski definition) is 1. The summed E-state index contributed by atoms with van der Waals surface area (Å²) in [5, 5.41) is 0. The van der Waals surface area contributed by atoms with Gasteiger partial charge in [-0.05, 0) is 62.1 Å². The topological polar surface area (TPSA) is 61.6 Å². The van der Waals surface area contributed by atoms with Gasteiger partial charge in [-0.15, -0.1) is 0 Å². The number of hydrogen-bond acceptors (Lipinski definition) is 3. The molecule has 1 aromatic rings. The zero-order chi connectivity index (χ0) is 14.9. The van der Waals surface area contributed by atoms with Crippen molar-refractivity contribution >= 4 is 41.0 Å². The number of ether oxygens (including phenoxy) is 2. The molecule has 0 aliphatic carbocycles. The van der Waals surface area contributed by atoms with Crippen LogP contribution in [0.5, 0.6) is 11.5 Å². The fourth-order valence-electron chi connectivity index (χ4n) is 2.09. The van der Waals surface area contributed by atoms with Crippen molar-refractivity contribution in [2.75, 3.05) is 6.79 Å². The van der Waals surface area contributed by atoms with Crippen molar-refractivity contribution in [2.45, 2.75) is 27.7 Å². The van der Waals surface area contributed by atoms with E-state index in [-0.39, 0.29) is 42.3 Å². The Morgan fingerprint density at radius 2 is 1.62 bits per heavy atom. The fourth-order valence-corrected chi connectivity index (χ4v) is 2.09. The summed E-state index contributed by atoms with van der Waals surface area (Å²) in [5.74, 6) is 1.13. The van der Waals surface area contributed by atoms with Crippen LogP contribution in [-0.4, -0.2) is 42.3 Å². The van der Waals surface area contributed by atoms with Gasteiger partial charge in [0.05, 0.1) is 0 Å². The average molecular weight is 297 g/mol. The van der Waals surface area contributed by atoms with E-state index in [1.165, 1.54) is 0 Å². The van der Waals surface area contributed by atoms with E-state index in [0.717, 1.165) is 33.8 Å². The number of rotatable bonds is 3. The standard InChI is InChI=1S/C16H19NO3.Na.H/c1-9(10(2)12(4)16(17)18)11(3)13-5-6-14-15(7-13)20-8-19-14;;/h5-7H,8H2,1-4H3,(H2,17,18);;. The second kappa shape index (κ2) is 7.16. The molecule has 0 unspecified atom stereocenters. The van der Waals surface area contributed by atoms with Gasteiger partial charge in [-0.2, -0.15) is 0 Å². The molecule has 0 saturated heterocycles. The first-order valence-electron chi connectivity index (χ1n) is 6.47. The van der Waals surface area contributed by atoms with Crippen molar-refractivity contribution in [1.29, 1.82) is 0 Å². The first-order chi connectivity index (χ1) is 9.41. The van der Waals surface area contributed by atoms with Crippen LogP contribution in [0.4, 0.5) is 0 Å². The van der Waals surface area contributed by atoms with Crippen LogP contribution in [-0.2, 0) is 4.79 Å². The first kappa shape index (κ1) is 17.8. The van der Waals surface area contributed by atoms with Crippen LogP contribution in [0.2, 0.25) is 0 Å². The second-order valence-electron chi connectivity index (χ2n) is 4.93. The molecular formula is C16H20NNaO3. The maximum absolute atomic E-state index is 11.3. The molecule has 4 nitrogen and oxygen atoms in total. The van der Waals surface area contributed by atoms with E-state index < -0.39 is 0 Å². The maximum atomic E-state index is 11.3. The summed E-state index contributed by atoms with van der Waals surface area (Å²) in [5.41, 5.74) is 10.00. The third-order valence-corrected chi connectivity index (χ3v) is 3.86. The number of primary amides is 1. The fraction of sp³-hybridized carbons (Fsp3) is 0.312. The minimum absolute atomic E-state index is 0. The summed E-state index contributed by atoms with van der Waals surface area (Å²) in [6.07, 6.45) is 0. The van der Waals surface area contributed by atoms with E-state index in [0.29, 0.717) is 5.57 Å². The molecule has 0 atom stereocenters. The predicted octanol–water partition coefficient (Wildman–Crippen LogP) is 2.38. The Hall–Kier alpha value is -1.23. The molecule has 0 fully saturated rings. The van der Waals surface area contributed by atoms with Crippen LogP contribution in [0.25, 0.3) is 5.57 Å². The van der Waals surface area contributed by atoms with Crippen LogP contribution in [0.15, 0.2) is 34.9 Å². The third-order valence-electron chi connectivity index (χ3n) is 3.86. The summed E-state index contributed by atoms with van der Waals surface area (Å²) in [7, 11) is 0. The molecule has 2 rings (SSSR count). The average Bonchev–Trinajstić information content (AvgIpc) is 2.91. The summed E-state index contributed by atoms with van der Waals surface area (Å²) in [6, 6.07) is 5.84. The first-order valence-corrected chi connectivity index (χ1v) is 6.47. The Balaban J connectivity index is 0.00000220. The molecule has 1 heterocycles. The third kappa shape index (κ3) is 3.70. The minimum atomic E-state index is -0.389. The van der Waals surface area contributed by atoms with E-state index in [9.17, 15) is 4.79 Å². The Labute approximate surface area is 147 Å². The number of nitrogens with two attached hydrogens (primary N) is 1. The monoisotopic (exact) mass is 297 g/mol. The number of fused-ring (bicyclic) bond motifs is 1. The summed E-state index contributed by atoms with van der Waals surface area (Å²) in [6.45, 7) is 7.92. The van der Waals surface area contributed by atoms with E-state index in [4.69, 9.17) is 15.2 Å². The Kier molecular flexibility index (Phi) is 6.08. The molecule has 0 aromatic heterocycles. The number of carbonyl (C=O) groups excluding carboxylic acids is 1. The number of amides is 1. The molecule has 1 amide bonds. The van der Waals surface area contributed by atoms with Crippen LogP contribution in [0, 0.1) is 0 Å². The molecule has 1 aliphatic rings. The van der Waals surface area contributed by atoms with Gasteiger partial charge < -0.3 is 15.2 Å². The van der Waals surface area contributed by atoms with Gasteiger partial charge in [-0.3, -0.25) is 4.79 Å². The van der Waals surface area contributed by atoms with Gasteiger partial charge in [0.1, 0.15) is 0 Å². The molecule has 2 N–H and O–H groups in total. The van der Waals surface area contributed by atoms with Crippen LogP contribution in [0.3, 0.4) is 0 Å². The molecule has 1 aromatic carbocycles. The van der Waals surface area contributed by atoms with E-state index in [1.54, 1.807) is 6.92 Å². The van der Waals surface area contributed by atoms with Crippen molar-refractivity contribution in [3.63, 3.8) is 0 Å². The molecular weight excluding hydrogens is 277 g/mol. The van der Waals surface area contributed by atoms with Gasteiger partial charge in [0, 0.05) is 5.57 Å². The van der Waals surface area contributed by atoms with Gasteiger partial charge >= 0.3 is 29.6 Å². The van der Waals surface area contributed by atoms with E-state index in [1.807, 2.05) is 39.0 Å². The zero-order valence-electron chi connectivity index (χ0n) is 12.2. The number of carbonyl (C=O) groups is 1. The second-order valence-corrected chi connectivity index (χ2v) is 4.93. The molecule has 0 spiro atoms. The molecule has 0 bridgehead atoms. The Bertz CT molecular complexity index is 632. The molecule has 0 saturated carbocycles. The SMILES string of the molecule is CC(C(N)=O)=C(C)C(C)=C(C)c1ccc2c(c1)OCO2.[NaH]. The van der Waals surface area contributed by atoms with Crippen molar-refractivity contribution in [2.24, 2.45) is 5.73 Å². The predicted molar refractivity (Wildman–Crippen MR) is 85.6 cm³/mol. The van der Waals surface area contributed by atoms with Gasteiger partial charge in [-0.1, -0.05) is 6.07 Å². The van der Waals surface area contributed by atoms with Gasteiger partial charge in [0.15, 0.2) is 11.5 Å². The number of benzene rings is 1. The molecule has 5 heteroatoms. The van der Waals surface area contributed by atoms with E-state index in [2.05, 4.69) is 0 Å². The summed E-state index contributed by atoms with van der Waals surface area (Å²) < 4.78 is 10.7. The zero-order valence-corrected chi connectivity index (χ0v) is 12.2. The van der Waals surface area contributed by atoms with Crippen molar-refractivity contribution < 1.29 is 14.3 Å². The Morgan fingerprint density at radius 3 is 2.24 bits per heavy atom. The molecule has 1 aliphatic heterocycles. The quantitative estimate of drug-likeness (QED) is 0.529. The van der Waals surface area contributed by atoms with Crippen molar-refractivity contribution in [3.8, 4) is 11.5 Å². The van der Waals surface area contributed by atoms with Crippen LogP contribution < -0.4 is 15.2 Å². The molecule has 108 valence electrons. The summed E-state index contributed by atoms with van der Waals surface area (Å²) in [4.78, 5) is 11.3. The number of allylic oxidation sites excluding steroid dienone is 3. The van der Waals surface area contributed by atoms with E-state index >= 15 is 0 Å². The van der Waals surface area contributed by atoms with Gasteiger partial charge in [0.2, 0.25) is 12.7 Å². The molecule has 21 heavy (non-hydrogen) atoms.